The zero-order valence-electron chi connectivity index (χ0n) is 11.1. The second-order valence-corrected chi connectivity index (χ2v) is 3.92. The van der Waals surface area contributed by atoms with Crippen LogP contribution in [0.25, 0.3) is 0 Å². The highest BCUT2D eigenvalue weighted by Gasteiger charge is 2.38. The Hall–Kier alpha value is -2.30. The fourth-order valence-corrected chi connectivity index (χ4v) is 1.25. The third-order valence-electron chi connectivity index (χ3n) is 2.35. The number of methoxy groups -OCH3 is 1. The third-order valence-corrected chi connectivity index (χ3v) is 2.35. The molecular formula is C10H13F3N4O4. The monoisotopic (exact) mass is 310 g/mol. The van der Waals surface area contributed by atoms with Crippen molar-refractivity contribution in [3.63, 3.8) is 0 Å². The van der Waals surface area contributed by atoms with E-state index in [9.17, 15) is 22.8 Å². The van der Waals surface area contributed by atoms with E-state index in [0.717, 1.165) is 11.8 Å². The van der Waals surface area contributed by atoms with Crippen LogP contribution in [-0.2, 0) is 11.8 Å². The van der Waals surface area contributed by atoms with Gasteiger partial charge in [-0.15, -0.1) is 0 Å². The molecule has 0 radical (unpaired) electrons. The molecule has 1 aromatic rings. The summed E-state index contributed by atoms with van der Waals surface area (Å²) in [6.07, 6.45) is -7.49. The molecule has 0 aromatic carbocycles. The number of aliphatic hydroxyl groups excluding tert-OH is 1. The number of urea groups is 1. The maximum Gasteiger partial charge on any atom is 0.416 e. The minimum atomic E-state index is -4.82. The molecule has 0 aliphatic heterocycles. The van der Waals surface area contributed by atoms with Crippen molar-refractivity contribution >= 4 is 17.8 Å². The first-order valence-electron chi connectivity index (χ1n) is 5.57. The van der Waals surface area contributed by atoms with Crippen molar-refractivity contribution in [1.82, 2.24) is 15.1 Å². The van der Waals surface area contributed by atoms with Gasteiger partial charge < -0.3 is 15.2 Å². The second-order valence-electron chi connectivity index (χ2n) is 3.92. The van der Waals surface area contributed by atoms with E-state index >= 15 is 0 Å². The molecule has 0 aliphatic carbocycles. The van der Waals surface area contributed by atoms with Crippen LogP contribution in [0.3, 0.4) is 0 Å². The largest absolute Gasteiger partial charge is 0.464 e. The maximum absolute atomic E-state index is 12.0. The summed E-state index contributed by atoms with van der Waals surface area (Å²) in [6.45, 7) is -1.00. The number of hydrogen-bond donors (Lipinski definition) is 3. The zero-order chi connectivity index (χ0) is 16.2. The van der Waals surface area contributed by atoms with E-state index in [-0.39, 0.29) is 11.5 Å². The molecule has 2 amide bonds. The molecule has 0 saturated heterocycles. The number of nitrogens with one attached hydrogen (secondary N) is 2. The second kappa shape index (κ2) is 6.43. The van der Waals surface area contributed by atoms with Crippen LogP contribution in [0.1, 0.15) is 10.5 Å². The lowest BCUT2D eigenvalue weighted by Gasteiger charge is -2.15. The Morgan fingerprint density at radius 1 is 1.52 bits per heavy atom. The molecule has 1 heterocycles. The molecule has 1 atom stereocenters. The summed E-state index contributed by atoms with van der Waals surface area (Å²) in [4.78, 5) is 22.6. The quantitative estimate of drug-likeness (QED) is 0.691. The van der Waals surface area contributed by atoms with Crippen LogP contribution in [0.4, 0.5) is 23.8 Å². The predicted octanol–water partition coefficient (Wildman–Crippen LogP) is 0.251. The normalized spacial score (nSPS) is 12.7. The van der Waals surface area contributed by atoms with Crippen molar-refractivity contribution in [3.05, 3.63) is 11.8 Å². The number of aliphatic hydroxyl groups is 1. The summed E-state index contributed by atoms with van der Waals surface area (Å²) in [7, 11) is 2.56. The van der Waals surface area contributed by atoms with Gasteiger partial charge in [0.05, 0.1) is 13.7 Å². The Bertz CT molecular complexity index is 529. The van der Waals surface area contributed by atoms with E-state index < -0.39 is 30.8 Å². The average Bonchev–Trinajstić information content (AvgIpc) is 2.75. The highest BCUT2D eigenvalue weighted by molar-refractivity contribution is 5.92. The molecule has 1 aromatic heterocycles. The number of ether oxygens (including phenoxy) is 1. The molecule has 8 nitrogen and oxygen atoms in total. The first-order valence-corrected chi connectivity index (χ1v) is 5.57. The van der Waals surface area contributed by atoms with E-state index in [1.54, 1.807) is 0 Å². The average molecular weight is 310 g/mol. The number of alkyl halides is 3. The molecule has 0 spiro atoms. The molecule has 0 fully saturated rings. The van der Waals surface area contributed by atoms with Crippen LogP contribution in [0.5, 0.6) is 0 Å². The molecular weight excluding hydrogens is 297 g/mol. The Labute approximate surface area is 116 Å². The fourth-order valence-electron chi connectivity index (χ4n) is 1.25. The van der Waals surface area contributed by atoms with Crippen LogP contribution in [0, 0.1) is 0 Å². The van der Waals surface area contributed by atoms with Gasteiger partial charge in [-0.05, 0) is 0 Å². The lowest BCUT2D eigenvalue weighted by atomic mass is 10.3. The van der Waals surface area contributed by atoms with Gasteiger partial charge in [0.15, 0.2) is 11.8 Å². The number of carbonyl (C=O) groups excluding carboxylic acids is 2. The van der Waals surface area contributed by atoms with Crippen molar-refractivity contribution in [2.75, 3.05) is 19.0 Å². The molecule has 1 rings (SSSR count). The summed E-state index contributed by atoms with van der Waals surface area (Å²) < 4.78 is 41.7. The SMILES string of the molecule is COC(=O)c1cc(NC(=O)NCC(O)C(F)(F)F)n(C)n1. The van der Waals surface area contributed by atoms with E-state index in [2.05, 4.69) is 15.2 Å². The van der Waals surface area contributed by atoms with E-state index in [1.165, 1.54) is 13.1 Å². The summed E-state index contributed by atoms with van der Waals surface area (Å²) >= 11 is 0. The summed E-state index contributed by atoms with van der Waals surface area (Å²) in [5, 5.41) is 16.5. The number of halogens is 3. The van der Waals surface area contributed by atoms with Gasteiger partial charge in [-0.1, -0.05) is 0 Å². The Kier molecular flexibility index (Phi) is 5.13. The number of nitrogens with zero attached hydrogens (tertiary/aromatic N) is 2. The van der Waals surface area contributed by atoms with Crippen LogP contribution >= 0.6 is 0 Å². The Balaban J connectivity index is 2.59. The highest BCUT2D eigenvalue weighted by Crippen LogP contribution is 2.19. The Morgan fingerprint density at radius 3 is 2.67 bits per heavy atom. The minimum absolute atomic E-state index is 0.0643. The smallest absolute Gasteiger partial charge is 0.416 e. The van der Waals surface area contributed by atoms with Crippen molar-refractivity contribution in [1.29, 1.82) is 0 Å². The molecule has 1 unspecified atom stereocenters. The Morgan fingerprint density at radius 2 is 2.14 bits per heavy atom. The highest BCUT2D eigenvalue weighted by atomic mass is 19.4. The van der Waals surface area contributed by atoms with Crippen LogP contribution in [0.2, 0.25) is 0 Å². The zero-order valence-corrected chi connectivity index (χ0v) is 11.1. The summed E-state index contributed by atoms with van der Waals surface area (Å²) in [5.41, 5.74) is -0.0781. The topological polar surface area (TPSA) is 105 Å². The first kappa shape index (κ1) is 16.8. The number of aryl methyl sites for hydroxylation is 1. The van der Waals surface area contributed by atoms with Crippen molar-refractivity contribution in [2.45, 2.75) is 12.3 Å². The number of aromatic nitrogens is 2. The van der Waals surface area contributed by atoms with Gasteiger partial charge in [-0.3, -0.25) is 10.00 Å². The third kappa shape index (κ3) is 4.63. The molecule has 3 N–H and O–H groups in total. The van der Waals surface area contributed by atoms with E-state index in [1.807, 2.05) is 5.32 Å². The van der Waals surface area contributed by atoms with Gasteiger partial charge in [0.2, 0.25) is 0 Å². The maximum atomic E-state index is 12.0. The van der Waals surface area contributed by atoms with Gasteiger partial charge in [0.25, 0.3) is 0 Å². The number of esters is 1. The number of rotatable bonds is 4. The van der Waals surface area contributed by atoms with Gasteiger partial charge in [-0.25, -0.2) is 9.59 Å². The number of amides is 2. The standard InChI is InChI=1S/C10H13F3N4O4/c1-17-7(3-5(16-17)8(19)21-2)15-9(20)14-4-6(18)10(11,12)13/h3,6,18H,4H2,1-2H3,(H2,14,15,20). The van der Waals surface area contributed by atoms with Crippen LogP contribution < -0.4 is 10.6 Å². The first-order chi connectivity index (χ1) is 9.65. The number of carbonyl (C=O) groups is 2. The van der Waals surface area contributed by atoms with Gasteiger partial charge in [-0.2, -0.15) is 18.3 Å². The molecule has 0 saturated carbocycles. The summed E-state index contributed by atoms with van der Waals surface area (Å²) in [6, 6.07) is 0.198. The predicted molar refractivity (Wildman–Crippen MR) is 63.6 cm³/mol. The van der Waals surface area contributed by atoms with E-state index in [4.69, 9.17) is 5.11 Å². The van der Waals surface area contributed by atoms with Crippen molar-refractivity contribution in [2.24, 2.45) is 7.05 Å². The molecule has 11 heteroatoms. The number of anilines is 1. The van der Waals surface area contributed by atoms with Crippen LogP contribution in [-0.4, -0.2) is 52.8 Å². The lowest BCUT2D eigenvalue weighted by Crippen LogP contribution is -2.42. The molecule has 118 valence electrons. The fraction of sp³-hybridized carbons (Fsp3) is 0.500. The van der Waals surface area contributed by atoms with Gasteiger partial charge in [0.1, 0.15) is 5.82 Å². The minimum Gasteiger partial charge on any atom is -0.464 e. The molecule has 0 bridgehead atoms. The van der Waals surface area contributed by atoms with E-state index in [0.29, 0.717) is 0 Å². The number of hydrogen-bond acceptors (Lipinski definition) is 5. The summed E-state index contributed by atoms with van der Waals surface area (Å²) in [5.74, 6) is -0.666. The molecule has 0 aliphatic rings. The lowest BCUT2D eigenvalue weighted by molar-refractivity contribution is -0.201. The van der Waals surface area contributed by atoms with Crippen molar-refractivity contribution in [3.8, 4) is 0 Å². The van der Waals surface area contributed by atoms with Crippen molar-refractivity contribution < 1.29 is 32.6 Å². The van der Waals surface area contributed by atoms with Gasteiger partial charge >= 0.3 is 18.2 Å². The van der Waals surface area contributed by atoms with Gasteiger partial charge in [0, 0.05) is 13.1 Å². The molecule has 21 heavy (non-hydrogen) atoms. The van der Waals surface area contributed by atoms with Crippen LogP contribution in [0.15, 0.2) is 6.07 Å².